The van der Waals surface area contributed by atoms with Crippen molar-refractivity contribution in [1.29, 1.82) is 0 Å². The smallest absolute Gasteiger partial charge is 0.462 e. The standard InChI is InChI=1S/C50H83N3O18P2/c1-3-5-7-8-9-10-11-12-13-14-15-16-17-18-24-28-46(58)69-38-34-66-45(57)27-23-20-19-22-26-40-42(56)33-41(55)39(30-29-37(54)25-21-6-4-2)47(59)48(60)43(36-68-73(64,65)71-72(62,63)67-35-38)70-49(40)53-32-31-44(51)52-50(53)61/h10-11,19,22,29-32,37-40,42-43,47-49,54,56,59-60H,3-9,12-18,20-21,23-28,33-36H2,1-2H3,(H,62,63)(H,64,65)(H2,51,52,61)/b11-10-,22-19-,30-29+/t37-,38+,39-,40-,42-,43+,47-,48+,49+/m0/s1. The molecule has 1 aromatic rings. The zero-order valence-electron chi connectivity index (χ0n) is 42.6. The summed E-state index contributed by atoms with van der Waals surface area (Å²) in [7, 11) is -11.3. The zero-order chi connectivity index (χ0) is 53.7. The van der Waals surface area contributed by atoms with Gasteiger partial charge in [0.15, 0.2) is 6.10 Å². The fraction of sp³-hybridized carbons (Fsp3) is 0.740. The van der Waals surface area contributed by atoms with Crippen LogP contribution in [0.5, 0.6) is 0 Å². The van der Waals surface area contributed by atoms with Crippen LogP contribution in [0.4, 0.5) is 5.82 Å². The zero-order valence-corrected chi connectivity index (χ0v) is 44.4. The van der Waals surface area contributed by atoms with Crippen molar-refractivity contribution in [3.63, 3.8) is 0 Å². The Morgan fingerprint density at radius 3 is 2.16 bits per heavy atom. The van der Waals surface area contributed by atoms with Crippen molar-refractivity contribution >= 4 is 39.2 Å². The van der Waals surface area contributed by atoms with Gasteiger partial charge in [0, 0.05) is 31.4 Å². The molecule has 23 heteroatoms. The SMILES string of the molecule is CCCCCC/C=C\CCCCCCCCCC(=O)O[C@@H]1COC(=O)CCC/C=C\C[C@@H]2[C@H](n3ccc(N)nc3=O)O[C@H](COP(=O)(O)OP(=O)(O)OC1)[C@@H](O)[C@@H](O)[C@@H](/C=C/[C@@H](O)CCCCC)C(=O)C[C@@H]2O. The van der Waals surface area contributed by atoms with E-state index in [2.05, 4.69) is 28.4 Å². The molecule has 0 amide bonds. The summed E-state index contributed by atoms with van der Waals surface area (Å²) in [6, 6.07) is 1.23. The van der Waals surface area contributed by atoms with Gasteiger partial charge in [0.2, 0.25) is 0 Å². The number of cyclic esters (lactones) is 1. The number of carbonyl (C=O) groups is 3. The monoisotopic (exact) mass is 1080 g/mol. The van der Waals surface area contributed by atoms with Crippen LogP contribution in [-0.4, -0.2) is 114 Å². The molecule has 73 heavy (non-hydrogen) atoms. The number of ether oxygens (including phenoxy) is 3. The van der Waals surface area contributed by atoms with Crippen molar-refractivity contribution in [1.82, 2.24) is 9.55 Å². The molecule has 1 aromatic heterocycles. The summed E-state index contributed by atoms with van der Waals surface area (Å²) in [5.41, 5.74) is 4.75. The maximum atomic E-state index is 14.0. The first-order valence-corrected chi connectivity index (χ1v) is 29.1. The first kappa shape index (κ1) is 63.9. The predicted octanol–water partition coefficient (Wildman–Crippen LogP) is 7.37. The third-order valence-electron chi connectivity index (χ3n) is 12.6. The van der Waals surface area contributed by atoms with Gasteiger partial charge in [0.25, 0.3) is 0 Å². The van der Waals surface area contributed by atoms with Crippen LogP contribution in [0.2, 0.25) is 0 Å². The fourth-order valence-electron chi connectivity index (χ4n) is 8.36. The lowest BCUT2D eigenvalue weighted by atomic mass is 9.83. The predicted molar refractivity (Wildman–Crippen MR) is 271 cm³/mol. The number of nitrogens with two attached hydrogens (primary N) is 1. The van der Waals surface area contributed by atoms with Gasteiger partial charge in [-0.05, 0) is 63.9 Å². The van der Waals surface area contributed by atoms with Gasteiger partial charge in [-0.3, -0.25) is 28.0 Å². The van der Waals surface area contributed by atoms with Crippen LogP contribution in [0.3, 0.4) is 0 Å². The molecule has 2 bridgehead atoms. The average Bonchev–Trinajstić information content (AvgIpc) is 3.33. The Labute approximate surface area is 429 Å². The van der Waals surface area contributed by atoms with E-state index >= 15 is 0 Å². The molecule has 0 radical (unpaired) electrons. The van der Waals surface area contributed by atoms with Crippen molar-refractivity contribution in [2.75, 3.05) is 25.6 Å². The number of aliphatic hydroxyl groups is 4. The maximum absolute atomic E-state index is 14.0. The molecular weight excluding hydrogens is 993 g/mol. The number of anilines is 1. The quantitative estimate of drug-likeness (QED) is 0.0243. The Morgan fingerprint density at radius 1 is 0.863 bits per heavy atom. The second-order valence-corrected chi connectivity index (χ2v) is 21.8. The Bertz CT molecular complexity index is 2040. The number of rotatable bonds is 23. The highest BCUT2D eigenvalue weighted by atomic mass is 31.3. The van der Waals surface area contributed by atoms with Gasteiger partial charge in [0.05, 0.1) is 37.4 Å². The van der Waals surface area contributed by atoms with E-state index in [1.807, 2.05) is 6.92 Å². The average molecular weight is 1080 g/mol. The molecule has 2 aliphatic heterocycles. The molecule has 0 aromatic carbocycles. The highest BCUT2D eigenvalue weighted by Gasteiger charge is 2.45. The molecule has 8 N–H and O–H groups in total. The number of phosphoric acid groups is 2. The van der Waals surface area contributed by atoms with E-state index in [-0.39, 0.29) is 37.9 Å². The molecule has 2 unspecified atom stereocenters. The van der Waals surface area contributed by atoms with Gasteiger partial charge in [0.1, 0.15) is 36.6 Å². The first-order chi connectivity index (χ1) is 34.9. The number of esters is 2. The minimum atomic E-state index is -5.73. The number of allylic oxidation sites excluding steroid dienone is 4. The van der Waals surface area contributed by atoms with Crippen molar-refractivity contribution in [2.24, 2.45) is 11.8 Å². The Hall–Kier alpha value is -3.43. The molecular formula is C50H83N3O18P2. The Morgan fingerprint density at radius 2 is 1.49 bits per heavy atom. The third-order valence-corrected chi connectivity index (χ3v) is 15.2. The number of carbonyl (C=O) groups excluding carboxylic acids is 3. The normalized spacial score (nSPS) is 29.6. The largest absolute Gasteiger partial charge is 0.481 e. The van der Waals surface area contributed by atoms with E-state index in [4.69, 9.17) is 29.0 Å². The summed E-state index contributed by atoms with van der Waals surface area (Å²) in [6.45, 7) is 1.41. The molecule has 0 aliphatic carbocycles. The molecule has 11 atom stereocenters. The maximum Gasteiger partial charge on any atom is 0.481 e. The van der Waals surface area contributed by atoms with E-state index in [1.165, 1.54) is 43.9 Å². The lowest BCUT2D eigenvalue weighted by molar-refractivity contribution is -0.186. The number of nitrogen functional groups attached to an aromatic ring is 1. The minimum Gasteiger partial charge on any atom is -0.462 e. The van der Waals surface area contributed by atoms with E-state index in [1.54, 1.807) is 12.2 Å². The number of Topliss-reactive ketones (excluding diaryl/α,β-unsaturated/α-hetero) is 1. The number of unbranched alkanes of at least 4 members (excludes halogenated alkanes) is 13. The van der Waals surface area contributed by atoms with Gasteiger partial charge >= 0.3 is 33.3 Å². The van der Waals surface area contributed by atoms with Crippen LogP contribution in [0.15, 0.2) is 53.5 Å². The number of aliphatic hydroxyl groups excluding tert-OH is 4. The second kappa shape index (κ2) is 35.0. The van der Waals surface area contributed by atoms with Crippen molar-refractivity contribution in [3.05, 3.63) is 59.2 Å². The van der Waals surface area contributed by atoms with Crippen LogP contribution < -0.4 is 11.4 Å². The van der Waals surface area contributed by atoms with Gasteiger partial charge in [-0.25, -0.2) is 13.9 Å². The van der Waals surface area contributed by atoms with Crippen molar-refractivity contribution in [2.45, 2.75) is 204 Å². The van der Waals surface area contributed by atoms with Crippen molar-refractivity contribution < 1.29 is 81.3 Å². The van der Waals surface area contributed by atoms with Gasteiger partial charge in [-0.15, -0.1) is 0 Å². The minimum absolute atomic E-state index is 0.00893. The Balaban J connectivity index is 1.80. The first-order valence-electron chi connectivity index (χ1n) is 26.1. The van der Waals surface area contributed by atoms with E-state index < -0.39 is 120 Å². The number of aromatic nitrogens is 2. The summed E-state index contributed by atoms with van der Waals surface area (Å²) < 4.78 is 59.0. The molecule has 3 heterocycles. The summed E-state index contributed by atoms with van der Waals surface area (Å²) >= 11 is 0. The lowest BCUT2D eigenvalue weighted by Gasteiger charge is -2.39. The third kappa shape index (κ3) is 25.8. The van der Waals surface area contributed by atoms with Crippen LogP contribution in [-0.2, 0) is 51.1 Å². The number of ketones is 1. The van der Waals surface area contributed by atoms with Crippen molar-refractivity contribution in [3.8, 4) is 0 Å². The van der Waals surface area contributed by atoms with Crippen LogP contribution in [0.25, 0.3) is 0 Å². The van der Waals surface area contributed by atoms with Gasteiger partial charge in [-0.1, -0.05) is 121 Å². The van der Waals surface area contributed by atoms with E-state index in [0.717, 1.165) is 75.0 Å². The molecule has 0 saturated carbocycles. The summed E-state index contributed by atoms with van der Waals surface area (Å²) in [6.07, 6.45) is 15.3. The van der Waals surface area contributed by atoms with Gasteiger partial charge < -0.3 is 50.2 Å². The number of fused-ring (bicyclic) bond motifs is 3. The van der Waals surface area contributed by atoms with Gasteiger partial charge in [-0.2, -0.15) is 9.29 Å². The molecule has 1 fully saturated rings. The number of phosphoric ester groups is 2. The molecule has 0 spiro atoms. The Kier molecular flexibility index (Phi) is 30.6. The summed E-state index contributed by atoms with van der Waals surface area (Å²) in [4.78, 5) is 78.1. The van der Waals surface area contributed by atoms with E-state index in [9.17, 15) is 58.5 Å². The number of hydrogen-bond donors (Lipinski definition) is 7. The molecule has 416 valence electrons. The second-order valence-electron chi connectivity index (χ2n) is 18.8. The molecule has 2 aliphatic rings. The fourth-order valence-corrected chi connectivity index (χ4v) is 10.5. The number of nitrogens with zero attached hydrogens (tertiary/aromatic N) is 2. The van der Waals surface area contributed by atoms with Crippen LogP contribution in [0.1, 0.15) is 168 Å². The summed E-state index contributed by atoms with van der Waals surface area (Å²) in [5, 5.41) is 45.7. The topological polar surface area (TPSA) is 323 Å². The molecule has 1 saturated heterocycles. The lowest BCUT2D eigenvalue weighted by Crippen LogP contribution is -2.51. The van der Waals surface area contributed by atoms with E-state index in [0.29, 0.717) is 19.3 Å². The highest BCUT2D eigenvalue weighted by molar-refractivity contribution is 7.61. The molecule has 21 nitrogen and oxygen atoms in total. The van der Waals surface area contributed by atoms with Crippen LogP contribution in [0, 0.1) is 11.8 Å². The van der Waals surface area contributed by atoms with Crippen LogP contribution >= 0.6 is 15.6 Å². The summed E-state index contributed by atoms with van der Waals surface area (Å²) in [5.74, 6) is -5.24. The molecule has 3 rings (SSSR count). The number of hydrogen-bond acceptors (Lipinski definition) is 18. The highest BCUT2D eigenvalue weighted by Crippen LogP contribution is 2.60.